The van der Waals surface area contributed by atoms with Gasteiger partial charge in [-0.05, 0) is 90.7 Å². The third-order valence-electron chi connectivity index (χ3n) is 9.62. The Morgan fingerprint density at radius 2 is 1.20 bits per heavy atom. The molecule has 0 bridgehead atoms. The number of benzene rings is 5. The number of primary amides is 1. The largest absolute Gasteiger partial charge is 0.508 e. The predicted octanol–water partition coefficient (Wildman–Crippen LogP) is 6.46. The van der Waals surface area contributed by atoms with Gasteiger partial charge in [0.05, 0.1) is 36.7 Å². The van der Waals surface area contributed by atoms with Gasteiger partial charge in [0.25, 0.3) is 11.8 Å². The summed E-state index contributed by atoms with van der Waals surface area (Å²) < 4.78 is 23.9. The summed E-state index contributed by atoms with van der Waals surface area (Å²) in [5.41, 5.74) is 6.28. The van der Waals surface area contributed by atoms with E-state index in [1.165, 1.54) is 78.9 Å². The lowest BCUT2D eigenvalue weighted by Crippen LogP contribution is -2.34. The zero-order valence-corrected chi connectivity index (χ0v) is 33.1. The molecule has 7 N–H and O–H groups in total. The fourth-order valence-electron chi connectivity index (χ4n) is 6.79. The van der Waals surface area contributed by atoms with Crippen molar-refractivity contribution in [2.45, 2.75) is 33.3 Å². The fraction of sp³-hybridized carbons (Fsp3) is 0.222. The second-order valence-electron chi connectivity index (χ2n) is 15.2. The van der Waals surface area contributed by atoms with Crippen LogP contribution < -0.4 is 35.9 Å². The van der Waals surface area contributed by atoms with E-state index in [1.54, 1.807) is 12.1 Å². The van der Waals surface area contributed by atoms with Gasteiger partial charge in [-0.1, -0.05) is 27.7 Å². The summed E-state index contributed by atoms with van der Waals surface area (Å²) in [6, 6.07) is 22.1. The van der Waals surface area contributed by atoms with E-state index >= 15 is 0 Å². The van der Waals surface area contributed by atoms with Gasteiger partial charge in [0.1, 0.15) is 34.5 Å². The SMILES string of the molecule is CC(C)COc1cc(C(=O)Nc2ccc(C(N)=O)cc2OCC(C)C)ccc1NC(=O)CNC(=O)c1ccc2c(c1)C1(OC2=O)c2ccc(O)cc2Oc2cc(O)ccc21. The molecule has 0 aliphatic carbocycles. The molecule has 0 atom stereocenters. The monoisotopic (exact) mass is 814 g/mol. The highest BCUT2D eigenvalue weighted by atomic mass is 16.6. The summed E-state index contributed by atoms with van der Waals surface area (Å²) in [4.78, 5) is 65.5. The normalized spacial score (nSPS) is 13.1. The number of anilines is 2. The molecule has 2 aliphatic heterocycles. The molecule has 1 spiro atoms. The van der Waals surface area contributed by atoms with Gasteiger partial charge in [0.2, 0.25) is 11.8 Å². The Labute approximate surface area is 344 Å². The Hall–Kier alpha value is -7.55. The van der Waals surface area contributed by atoms with Gasteiger partial charge in [0.15, 0.2) is 5.60 Å². The standard InChI is InChI=1S/C45H42N4O11/c1-23(2)21-57-38-16-25(41(46)53)6-13-35(38)49-43(55)27-7-14-34(39(17-27)58-22-24(3)4)48-40(52)20-47-42(54)26-5-10-30-33(15-26)45(60-44(30)56)31-11-8-28(50)18-36(31)59-37-19-29(51)9-12-32(37)45/h5-19,23-24,50-51H,20-22H2,1-4H3,(H2,46,53)(H,47,54)(H,48,52)(H,49,55). The maximum atomic E-state index is 13.6. The van der Waals surface area contributed by atoms with Crippen LogP contribution in [0.5, 0.6) is 34.5 Å². The number of carbonyl (C=O) groups excluding carboxylic acids is 5. The fourth-order valence-corrected chi connectivity index (χ4v) is 6.79. The Bertz CT molecular complexity index is 2520. The van der Waals surface area contributed by atoms with Gasteiger partial charge in [0, 0.05) is 45.5 Å². The molecule has 0 radical (unpaired) electrons. The first kappa shape index (κ1) is 40.6. The summed E-state index contributed by atoms with van der Waals surface area (Å²) >= 11 is 0. The number of phenolic OH excluding ortho intramolecular Hbond substituents is 2. The average Bonchev–Trinajstić information content (AvgIpc) is 3.49. The van der Waals surface area contributed by atoms with Crippen molar-refractivity contribution in [3.63, 3.8) is 0 Å². The lowest BCUT2D eigenvalue weighted by Gasteiger charge is -2.36. The van der Waals surface area contributed by atoms with Crippen LogP contribution in [0, 0.1) is 11.8 Å². The Morgan fingerprint density at radius 3 is 1.78 bits per heavy atom. The maximum absolute atomic E-state index is 13.6. The smallest absolute Gasteiger partial charge is 0.340 e. The molecule has 15 nitrogen and oxygen atoms in total. The molecule has 5 aromatic rings. The number of nitrogens with one attached hydrogen (secondary N) is 3. The van der Waals surface area contributed by atoms with Crippen molar-refractivity contribution in [3.05, 3.63) is 130 Å². The average molecular weight is 815 g/mol. The minimum absolute atomic E-state index is 0.101. The highest BCUT2D eigenvalue weighted by molar-refractivity contribution is 6.07. The van der Waals surface area contributed by atoms with E-state index in [2.05, 4.69) is 16.0 Å². The summed E-state index contributed by atoms with van der Waals surface area (Å²) in [6.07, 6.45) is 0. The number of aromatic hydroxyl groups is 2. The van der Waals surface area contributed by atoms with Crippen LogP contribution in [-0.2, 0) is 15.1 Å². The second kappa shape index (κ2) is 16.4. The molecule has 0 saturated heterocycles. The molecule has 4 amide bonds. The van der Waals surface area contributed by atoms with Crippen LogP contribution in [0.3, 0.4) is 0 Å². The Kier molecular flexibility index (Phi) is 11.1. The Balaban J connectivity index is 1.09. The van der Waals surface area contributed by atoms with Crippen LogP contribution in [-0.4, -0.2) is 59.6 Å². The summed E-state index contributed by atoms with van der Waals surface area (Å²) in [7, 11) is 0. The number of phenols is 2. The van der Waals surface area contributed by atoms with Gasteiger partial charge in [-0.2, -0.15) is 0 Å². The Morgan fingerprint density at radius 1 is 0.667 bits per heavy atom. The molecular weight excluding hydrogens is 773 g/mol. The number of hydrogen-bond acceptors (Lipinski definition) is 11. The van der Waals surface area contributed by atoms with Crippen LogP contribution in [0.2, 0.25) is 0 Å². The molecule has 2 aliphatic rings. The lowest BCUT2D eigenvalue weighted by molar-refractivity contribution is -0.115. The van der Waals surface area contributed by atoms with Crippen LogP contribution in [0.4, 0.5) is 11.4 Å². The summed E-state index contributed by atoms with van der Waals surface area (Å²) in [6.45, 7) is 7.94. The molecule has 0 unspecified atom stereocenters. The van der Waals surface area contributed by atoms with Gasteiger partial charge >= 0.3 is 5.97 Å². The van der Waals surface area contributed by atoms with E-state index in [1.807, 2.05) is 27.7 Å². The van der Waals surface area contributed by atoms with Crippen molar-refractivity contribution < 1.29 is 53.1 Å². The highest BCUT2D eigenvalue weighted by Gasteiger charge is 2.54. The third-order valence-corrected chi connectivity index (χ3v) is 9.62. The van der Waals surface area contributed by atoms with E-state index in [-0.39, 0.29) is 80.9 Å². The number of esters is 1. The summed E-state index contributed by atoms with van der Waals surface area (Å²) in [5.74, 6) is -2.12. The van der Waals surface area contributed by atoms with Crippen LogP contribution in [0.1, 0.15) is 85.8 Å². The minimum atomic E-state index is -1.58. The van der Waals surface area contributed by atoms with Crippen molar-refractivity contribution in [1.82, 2.24) is 5.32 Å². The van der Waals surface area contributed by atoms with E-state index < -0.39 is 41.7 Å². The molecule has 60 heavy (non-hydrogen) atoms. The number of hydrogen-bond donors (Lipinski definition) is 6. The zero-order valence-electron chi connectivity index (χ0n) is 33.1. The molecule has 5 aromatic carbocycles. The molecule has 308 valence electrons. The summed E-state index contributed by atoms with van der Waals surface area (Å²) in [5, 5.41) is 28.6. The lowest BCUT2D eigenvalue weighted by atomic mass is 9.77. The highest BCUT2D eigenvalue weighted by Crippen LogP contribution is 2.57. The number of carbonyl (C=O) groups is 5. The first-order valence-electron chi connectivity index (χ1n) is 19.1. The number of amides is 4. The van der Waals surface area contributed by atoms with E-state index in [0.29, 0.717) is 29.0 Å². The number of ether oxygens (including phenoxy) is 4. The van der Waals surface area contributed by atoms with Crippen LogP contribution in [0.15, 0.2) is 91.0 Å². The number of rotatable bonds is 13. The minimum Gasteiger partial charge on any atom is -0.508 e. The van der Waals surface area contributed by atoms with Crippen LogP contribution in [0.25, 0.3) is 0 Å². The van der Waals surface area contributed by atoms with Crippen LogP contribution >= 0.6 is 0 Å². The molecule has 0 saturated carbocycles. The van der Waals surface area contributed by atoms with Crippen molar-refractivity contribution >= 4 is 41.0 Å². The van der Waals surface area contributed by atoms with Crippen molar-refractivity contribution in [2.75, 3.05) is 30.4 Å². The molecular formula is C45H42N4O11. The topological polar surface area (TPSA) is 225 Å². The van der Waals surface area contributed by atoms with Gasteiger partial charge in [-0.3, -0.25) is 19.2 Å². The zero-order chi connectivity index (χ0) is 42.9. The van der Waals surface area contributed by atoms with Gasteiger partial charge in [-0.15, -0.1) is 0 Å². The third kappa shape index (κ3) is 8.09. The van der Waals surface area contributed by atoms with E-state index in [9.17, 15) is 34.2 Å². The number of nitrogens with two attached hydrogens (primary N) is 1. The number of fused-ring (bicyclic) bond motifs is 6. The van der Waals surface area contributed by atoms with E-state index in [4.69, 9.17) is 24.7 Å². The first-order chi connectivity index (χ1) is 28.6. The molecule has 2 heterocycles. The first-order valence-corrected chi connectivity index (χ1v) is 19.1. The second-order valence-corrected chi connectivity index (χ2v) is 15.2. The quantitative estimate of drug-likeness (QED) is 0.0708. The van der Waals surface area contributed by atoms with Crippen molar-refractivity contribution in [1.29, 1.82) is 0 Å². The van der Waals surface area contributed by atoms with Crippen molar-refractivity contribution in [3.8, 4) is 34.5 Å². The van der Waals surface area contributed by atoms with Gasteiger partial charge in [-0.25, -0.2) is 4.79 Å². The molecule has 0 fully saturated rings. The molecule has 15 heteroatoms. The molecule has 0 aromatic heterocycles. The molecule has 7 rings (SSSR count). The maximum Gasteiger partial charge on any atom is 0.340 e. The van der Waals surface area contributed by atoms with Crippen molar-refractivity contribution in [2.24, 2.45) is 17.6 Å². The van der Waals surface area contributed by atoms with E-state index in [0.717, 1.165) is 0 Å². The van der Waals surface area contributed by atoms with Gasteiger partial charge < -0.3 is 50.8 Å². The predicted molar refractivity (Wildman–Crippen MR) is 219 cm³/mol.